The van der Waals surface area contributed by atoms with Gasteiger partial charge in [-0.1, -0.05) is 17.7 Å². The van der Waals surface area contributed by atoms with E-state index < -0.39 is 0 Å². The summed E-state index contributed by atoms with van der Waals surface area (Å²) in [6.07, 6.45) is 0. The maximum atomic E-state index is 11.7. The summed E-state index contributed by atoms with van der Waals surface area (Å²) in [5, 5.41) is 1.43. The lowest BCUT2D eigenvalue weighted by Gasteiger charge is -2.08. The van der Waals surface area contributed by atoms with Crippen molar-refractivity contribution < 1.29 is 4.74 Å². The highest BCUT2D eigenvalue weighted by atomic mass is 35.5. The second-order valence-electron chi connectivity index (χ2n) is 3.25. The van der Waals surface area contributed by atoms with Crippen LogP contribution in [0.4, 0.5) is 0 Å². The fraction of sp³-hybridized carbons (Fsp3) is 0.182. The van der Waals surface area contributed by atoms with Gasteiger partial charge in [-0.25, -0.2) is 0 Å². The minimum Gasteiger partial charge on any atom is -0.491 e. The molecule has 0 aliphatic carbocycles. The van der Waals surface area contributed by atoms with Crippen LogP contribution in [0.3, 0.4) is 0 Å². The number of methoxy groups -OCH3 is 1. The molecule has 0 saturated heterocycles. The predicted octanol–water partition coefficient (Wildman–Crippen LogP) is 2.20. The van der Waals surface area contributed by atoms with Crippen molar-refractivity contribution in [2.75, 3.05) is 7.11 Å². The number of benzene rings is 1. The Morgan fingerprint density at radius 1 is 1.40 bits per heavy atom. The molecule has 0 aliphatic heterocycles. The molecule has 2 aromatic rings. The zero-order chi connectivity index (χ0) is 11.0. The molecule has 0 saturated carbocycles. The second kappa shape index (κ2) is 3.59. The van der Waals surface area contributed by atoms with Gasteiger partial charge in [0.2, 0.25) is 0 Å². The number of aryl methyl sites for hydroxylation is 1. The normalized spacial score (nSPS) is 10.6. The second-order valence-corrected chi connectivity index (χ2v) is 3.66. The van der Waals surface area contributed by atoms with E-state index in [1.165, 1.54) is 11.7 Å². The molecule has 0 fully saturated rings. The summed E-state index contributed by atoms with van der Waals surface area (Å²) in [4.78, 5) is 11.7. The van der Waals surface area contributed by atoms with E-state index in [4.69, 9.17) is 16.3 Å². The molecule has 4 heteroatoms. The van der Waals surface area contributed by atoms with Crippen molar-refractivity contribution >= 4 is 22.5 Å². The van der Waals surface area contributed by atoms with Gasteiger partial charge in [-0.05, 0) is 18.2 Å². The van der Waals surface area contributed by atoms with Gasteiger partial charge in [0.05, 0.1) is 17.6 Å². The van der Waals surface area contributed by atoms with Crippen molar-refractivity contribution in [3.63, 3.8) is 0 Å². The third-order valence-electron chi connectivity index (χ3n) is 2.40. The third kappa shape index (κ3) is 1.49. The Hall–Kier alpha value is -1.48. The number of hydrogen-bond donors (Lipinski definition) is 0. The van der Waals surface area contributed by atoms with E-state index in [1.54, 1.807) is 19.2 Å². The summed E-state index contributed by atoms with van der Waals surface area (Å²) < 4.78 is 6.52. The van der Waals surface area contributed by atoms with E-state index >= 15 is 0 Å². The molecule has 0 unspecified atom stereocenters. The van der Waals surface area contributed by atoms with Crippen LogP contribution < -0.4 is 10.3 Å². The molecule has 1 aromatic carbocycles. The van der Waals surface area contributed by atoms with E-state index in [9.17, 15) is 4.79 Å². The topological polar surface area (TPSA) is 31.2 Å². The Balaban J connectivity index is 2.97. The molecule has 1 heterocycles. The van der Waals surface area contributed by atoms with Crippen LogP contribution in [0, 0.1) is 0 Å². The molecular formula is C11H10ClNO2. The number of hydrogen-bond acceptors (Lipinski definition) is 2. The van der Waals surface area contributed by atoms with Crippen molar-refractivity contribution in [1.82, 2.24) is 4.57 Å². The van der Waals surface area contributed by atoms with Crippen LogP contribution in [0.25, 0.3) is 10.9 Å². The van der Waals surface area contributed by atoms with Crippen LogP contribution in [0.5, 0.6) is 5.75 Å². The Kier molecular flexibility index (Phi) is 2.40. The molecule has 0 N–H and O–H groups in total. The highest BCUT2D eigenvalue weighted by Gasteiger charge is 2.08. The number of fused-ring (bicyclic) bond motifs is 1. The maximum absolute atomic E-state index is 11.7. The van der Waals surface area contributed by atoms with Gasteiger partial charge in [0, 0.05) is 12.4 Å². The molecule has 15 heavy (non-hydrogen) atoms. The molecular weight excluding hydrogens is 214 g/mol. The molecule has 0 atom stereocenters. The van der Waals surface area contributed by atoms with Crippen LogP contribution in [0.15, 0.2) is 29.1 Å². The lowest BCUT2D eigenvalue weighted by atomic mass is 10.2. The van der Waals surface area contributed by atoms with E-state index in [-0.39, 0.29) is 5.56 Å². The summed E-state index contributed by atoms with van der Waals surface area (Å²) in [5.74, 6) is 0.304. The van der Waals surface area contributed by atoms with E-state index in [2.05, 4.69) is 0 Å². The Morgan fingerprint density at radius 3 is 2.80 bits per heavy atom. The first kappa shape index (κ1) is 10.1. The number of pyridine rings is 1. The first-order valence-corrected chi connectivity index (χ1v) is 4.85. The minimum absolute atomic E-state index is 0.160. The van der Waals surface area contributed by atoms with Crippen molar-refractivity contribution in [3.8, 4) is 5.75 Å². The minimum atomic E-state index is -0.160. The Labute approximate surface area is 91.9 Å². The summed E-state index contributed by atoms with van der Waals surface area (Å²) in [6, 6.07) is 7.12. The number of ether oxygens (including phenoxy) is 1. The van der Waals surface area contributed by atoms with E-state index in [0.29, 0.717) is 10.8 Å². The molecule has 1 aromatic heterocycles. The van der Waals surface area contributed by atoms with Crippen molar-refractivity contribution in [1.29, 1.82) is 0 Å². The highest BCUT2D eigenvalue weighted by molar-refractivity contribution is 6.35. The number of halogens is 1. The summed E-state index contributed by atoms with van der Waals surface area (Å²) >= 11 is 6.04. The first-order chi connectivity index (χ1) is 7.15. The van der Waals surface area contributed by atoms with Crippen LogP contribution in [0.1, 0.15) is 0 Å². The maximum Gasteiger partial charge on any atom is 0.293 e. The third-order valence-corrected chi connectivity index (χ3v) is 2.73. The van der Waals surface area contributed by atoms with Crippen molar-refractivity contribution in [2.45, 2.75) is 0 Å². The fourth-order valence-electron chi connectivity index (χ4n) is 1.57. The number of rotatable bonds is 1. The predicted molar refractivity (Wildman–Crippen MR) is 60.8 cm³/mol. The van der Waals surface area contributed by atoms with Crippen molar-refractivity contribution in [2.24, 2.45) is 7.05 Å². The Bertz CT molecular complexity index is 575. The zero-order valence-electron chi connectivity index (χ0n) is 8.45. The molecule has 78 valence electrons. The van der Waals surface area contributed by atoms with Crippen molar-refractivity contribution in [3.05, 3.63) is 39.6 Å². The Morgan fingerprint density at radius 2 is 2.13 bits per heavy atom. The van der Waals surface area contributed by atoms with Gasteiger partial charge < -0.3 is 9.30 Å². The average Bonchev–Trinajstić information content (AvgIpc) is 2.24. The van der Waals surface area contributed by atoms with Gasteiger partial charge in [-0.15, -0.1) is 0 Å². The highest BCUT2D eigenvalue weighted by Crippen LogP contribution is 2.24. The first-order valence-electron chi connectivity index (χ1n) is 4.47. The van der Waals surface area contributed by atoms with Gasteiger partial charge in [0.15, 0.2) is 5.75 Å². The largest absolute Gasteiger partial charge is 0.491 e. The van der Waals surface area contributed by atoms with Crippen LogP contribution in [-0.2, 0) is 7.05 Å². The molecule has 0 spiro atoms. The SMILES string of the molecule is COc1cc2c(Cl)cccc2n(C)c1=O. The van der Waals surface area contributed by atoms with E-state index in [0.717, 1.165) is 10.9 Å². The lowest BCUT2D eigenvalue weighted by molar-refractivity contribution is 0.406. The molecule has 0 bridgehead atoms. The van der Waals surface area contributed by atoms with Gasteiger partial charge in [0.1, 0.15) is 0 Å². The standard InChI is InChI=1S/C11H10ClNO2/c1-13-9-5-3-4-8(12)7(9)6-10(15-2)11(13)14/h3-6H,1-2H3. The van der Waals surface area contributed by atoms with E-state index in [1.807, 2.05) is 12.1 Å². The molecule has 0 radical (unpaired) electrons. The monoisotopic (exact) mass is 223 g/mol. The van der Waals surface area contributed by atoms with Crippen LogP contribution in [-0.4, -0.2) is 11.7 Å². The number of aromatic nitrogens is 1. The zero-order valence-corrected chi connectivity index (χ0v) is 9.21. The molecule has 2 rings (SSSR count). The number of nitrogens with zero attached hydrogens (tertiary/aromatic N) is 1. The molecule has 0 aliphatic rings. The molecule has 3 nitrogen and oxygen atoms in total. The van der Waals surface area contributed by atoms with Gasteiger partial charge >= 0.3 is 0 Å². The van der Waals surface area contributed by atoms with Crippen LogP contribution >= 0.6 is 11.6 Å². The van der Waals surface area contributed by atoms with Gasteiger partial charge in [0.25, 0.3) is 5.56 Å². The summed E-state index contributed by atoms with van der Waals surface area (Å²) in [7, 11) is 3.17. The lowest BCUT2D eigenvalue weighted by Crippen LogP contribution is -2.18. The molecule has 0 amide bonds. The smallest absolute Gasteiger partial charge is 0.293 e. The average molecular weight is 224 g/mol. The summed E-state index contributed by atoms with van der Waals surface area (Å²) in [6.45, 7) is 0. The quantitative estimate of drug-likeness (QED) is 0.742. The van der Waals surface area contributed by atoms with Gasteiger partial charge in [-0.3, -0.25) is 4.79 Å². The fourth-order valence-corrected chi connectivity index (χ4v) is 1.80. The van der Waals surface area contributed by atoms with Gasteiger partial charge in [-0.2, -0.15) is 0 Å². The van der Waals surface area contributed by atoms with Crippen LogP contribution in [0.2, 0.25) is 5.02 Å². The summed E-state index contributed by atoms with van der Waals surface area (Å²) in [5.41, 5.74) is 0.639.